The molecule has 5 nitrogen and oxygen atoms in total. The molecule has 0 saturated carbocycles. The van der Waals surface area contributed by atoms with E-state index in [0.717, 1.165) is 30.8 Å². The summed E-state index contributed by atoms with van der Waals surface area (Å²) in [6, 6.07) is 11.8. The van der Waals surface area contributed by atoms with E-state index in [0.29, 0.717) is 23.6 Å². The first kappa shape index (κ1) is 19.4. The molecule has 1 aliphatic heterocycles. The smallest absolute Gasteiger partial charge is 0.251 e. The van der Waals surface area contributed by atoms with Crippen molar-refractivity contribution in [3.8, 4) is 11.5 Å². The summed E-state index contributed by atoms with van der Waals surface area (Å²) in [4.78, 5) is 16.1. The zero-order chi connectivity index (χ0) is 19.2. The van der Waals surface area contributed by atoms with Gasteiger partial charge in [-0.3, -0.25) is 4.79 Å². The predicted octanol–water partition coefficient (Wildman–Crippen LogP) is 3.61. The van der Waals surface area contributed by atoms with E-state index in [1.807, 2.05) is 42.1 Å². The molecule has 0 radical (unpaired) electrons. The van der Waals surface area contributed by atoms with Gasteiger partial charge in [0.25, 0.3) is 5.91 Å². The number of methoxy groups -OCH3 is 2. The highest BCUT2D eigenvalue weighted by molar-refractivity contribution is 7.99. The van der Waals surface area contributed by atoms with Crippen molar-refractivity contribution in [1.82, 2.24) is 5.32 Å². The number of amides is 1. The number of carbonyl (C=O) groups is 1. The van der Waals surface area contributed by atoms with E-state index in [2.05, 4.69) is 23.2 Å². The van der Waals surface area contributed by atoms with Gasteiger partial charge in [-0.25, -0.2) is 0 Å². The van der Waals surface area contributed by atoms with Crippen LogP contribution in [0.2, 0.25) is 0 Å². The first-order valence-electron chi connectivity index (χ1n) is 9.17. The Morgan fingerprint density at radius 1 is 1.15 bits per heavy atom. The number of thioether (sulfide) groups is 1. The summed E-state index contributed by atoms with van der Waals surface area (Å²) >= 11 is 1.85. The lowest BCUT2D eigenvalue weighted by atomic mass is 10.1. The predicted molar refractivity (Wildman–Crippen MR) is 111 cm³/mol. The Morgan fingerprint density at radius 2 is 1.96 bits per heavy atom. The van der Waals surface area contributed by atoms with Crippen LogP contribution in [0.25, 0.3) is 0 Å². The molecule has 144 valence electrons. The minimum absolute atomic E-state index is 0.0371. The van der Waals surface area contributed by atoms with Crippen LogP contribution in [0.15, 0.2) is 41.3 Å². The van der Waals surface area contributed by atoms with Crippen LogP contribution < -0.4 is 19.7 Å². The van der Waals surface area contributed by atoms with Crippen molar-refractivity contribution in [2.75, 3.05) is 44.5 Å². The van der Waals surface area contributed by atoms with E-state index in [-0.39, 0.29) is 5.91 Å². The molecule has 1 aliphatic rings. The van der Waals surface area contributed by atoms with Crippen LogP contribution in [0.1, 0.15) is 22.8 Å². The minimum atomic E-state index is -0.0371. The number of hydrogen-bond donors (Lipinski definition) is 1. The fourth-order valence-electron chi connectivity index (χ4n) is 3.20. The summed E-state index contributed by atoms with van der Waals surface area (Å²) in [6.45, 7) is 4.70. The average Bonchev–Trinajstić information content (AvgIpc) is 2.72. The van der Waals surface area contributed by atoms with Crippen LogP contribution in [-0.4, -0.2) is 45.5 Å². The summed E-state index contributed by atoms with van der Waals surface area (Å²) in [7, 11) is 3.24. The van der Waals surface area contributed by atoms with Gasteiger partial charge in [-0.1, -0.05) is 6.07 Å². The van der Waals surface area contributed by atoms with Gasteiger partial charge in [-0.05, 0) is 49.2 Å². The highest BCUT2D eigenvalue weighted by Gasteiger charge is 2.18. The van der Waals surface area contributed by atoms with Crippen LogP contribution in [-0.2, 0) is 6.42 Å². The van der Waals surface area contributed by atoms with Gasteiger partial charge in [0.15, 0.2) is 11.5 Å². The molecular weight excluding hydrogens is 360 g/mol. The lowest BCUT2D eigenvalue weighted by molar-refractivity contribution is 0.0954. The van der Waals surface area contributed by atoms with E-state index in [9.17, 15) is 4.79 Å². The minimum Gasteiger partial charge on any atom is -0.493 e. The molecule has 1 N–H and O–H groups in total. The second kappa shape index (κ2) is 9.04. The Hall–Kier alpha value is -2.34. The van der Waals surface area contributed by atoms with E-state index in [1.165, 1.54) is 10.6 Å². The van der Waals surface area contributed by atoms with Crippen molar-refractivity contribution in [1.29, 1.82) is 0 Å². The first-order chi connectivity index (χ1) is 13.2. The molecule has 27 heavy (non-hydrogen) atoms. The van der Waals surface area contributed by atoms with E-state index >= 15 is 0 Å². The number of rotatable bonds is 7. The molecule has 0 spiro atoms. The molecule has 2 aromatic rings. The summed E-state index contributed by atoms with van der Waals surface area (Å²) in [5, 5.41) is 3.02. The van der Waals surface area contributed by atoms with Gasteiger partial charge in [0, 0.05) is 35.8 Å². The number of anilines is 1. The third-order valence-corrected chi connectivity index (χ3v) is 5.75. The largest absolute Gasteiger partial charge is 0.493 e. The maximum absolute atomic E-state index is 12.6. The Balaban J connectivity index is 1.61. The van der Waals surface area contributed by atoms with E-state index in [4.69, 9.17) is 9.47 Å². The van der Waals surface area contributed by atoms with Crippen LogP contribution >= 0.6 is 11.8 Å². The molecule has 0 saturated heterocycles. The standard InChI is InChI=1S/C21H26N2O3S/c1-4-23-11-12-27-20-8-6-16(14-17(20)23)21(24)22-10-9-15-5-7-18(25-2)19(13-15)26-3/h5-8,13-14H,4,9-12H2,1-3H3,(H,22,24). The monoisotopic (exact) mass is 386 g/mol. The van der Waals surface area contributed by atoms with Crippen molar-refractivity contribution in [2.45, 2.75) is 18.2 Å². The normalized spacial score (nSPS) is 13.1. The van der Waals surface area contributed by atoms with E-state index < -0.39 is 0 Å². The number of nitrogens with zero attached hydrogens (tertiary/aromatic N) is 1. The average molecular weight is 387 g/mol. The third kappa shape index (κ3) is 4.50. The Kier molecular flexibility index (Phi) is 6.50. The van der Waals surface area contributed by atoms with Crippen molar-refractivity contribution < 1.29 is 14.3 Å². The van der Waals surface area contributed by atoms with Gasteiger partial charge < -0.3 is 19.7 Å². The van der Waals surface area contributed by atoms with Gasteiger partial charge in [-0.2, -0.15) is 0 Å². The quantitative estimate of drug-likeness (QED) is 0.788. The second-order valence-corrected chi connectivity index (χ2v) is 7.44. The molecule has 0 fully saturated rings. The fraction of sp³-hybridized carbons (Fsp3) is 0.381. The molecule has 1 heterocycles. The SMILES string of the molecule is CCN1CCSc2ccc(C(=O)NCCc3ccc(OC)c(OC)c3)cc21. The van der Waals surface area contributed by atoms with Crippen molar-refractivity contribution in [3.63, 3.8) is 0 Å². The Labute approximate surface area is 165 Å². The topological polar surface area (TPSA) is 50.8 Å². The van der Waals surface area contributed by atoms with Crippen LogP contribution in [0, 0.1) is 0 Å². The van der Waals surface area contributed by atoms with Gasteiger partial charge in [0.05, 0.1) is 19.9 Å². The number of carbonyl (C=O) groups excluding carboxylic acids is 1. The molecule has 0 aromatic heterocycles. The highest BCUT2D eigenvalue weighted by Crippen LogP contribution is 2.35. The van der Waals surface area contributed by atoms with Crippen molar-refractivity contribution in [2.24, 2.45) is 0 Å². The Morgan fingerprint density at radius 3 is 2.70 bits per heavy atom. The number of ether oxygens (including phenoxy) is 2. The van der Waals surface area contributed by atoms with Gasteiger partial charge in [0.1, 0.15) is 0 Å². The summed E-state index contributed by atoms with van der Waals surface area (Å²) in [6.07, 6.45) is 0.730. The van der Waals surface area contributed by atoms with Gasteiger partial charge >= 0.3 is 0 Å². The molecule has 0 unspecified atom stereocenters. The summed E-state index contributed by atoms with van der Waals surface area (Å²) in [5.74, 6) is 2.47. The third-order valence-electron chi connectivity index (χ3n) is 4.71. The van der Waals surface area contributed by atoms with Crippen molar-refractivity contribution >= 4 is 23.4 Å². The second-order valence-electron chi connectivity index (χ2n) is 6.31. The molecule has 2 aromatic carbocycles. The number of nitrogens with one attached hydrogen (secondary N) is 1. The number of fused-ring (bicyclic) bond motifs is 1. The van der Waals surface area contributed by atoms with Crippen LogP contribution in [0.3, 0.4) is 0 Å². The zero-order valence-corrected chi connectivity index (χ0v) is 16.9. The molecule has 0 atom stereocenters. The molecule has 6 heteroatoms. The Bertz CT molecular complexity index is 810. The molecule has 3 rings (SSSR count). The van der Waals surface area contributed by atoms with Gasteiger partial charge in [-0.15, -0.1) is 11.8 Å². The number of hydrogen-bond acceptors (Lipinski definition) is 5. The van der Waals surface area contributed by atoms with E-state index in [1.54, 1.807) is 14.2 Å². The zero-order valence-electron chi connectivity index (χ0n) is 16.1. The fourth-order valence-corrected chi connectivity index (χ4v) is 4.23. The van der Waals surface area contributed by atoms with Crippen LogP contribution in [0.5, 0.6) is 11.5 Å². The highest BCUT2D eigenvalue weighted by atomic mass is 32.2. The van der Waals surface area contributed by atoms with Gasteiger partial charge in [0.2, 0.25) is 0 Å². The van der Waals surface area contributed by atoms with Crippen molar-refractivity contribution in [3.05, 3.63) is 47.5 Å². The number of benzene rings is 2. The molecular formula is C21H26N2O3S. The van der Waals surface area contributed by atoms with Crippen LogP contribution in [0.4, 0.5) is 5.69 Å². The molecule has 1 amide bonds. The molecule has 0 aliphatic carbocycles. The molecule has 0 bridgehead atoms. The summed E-state index contributed by atoms with van der Waals surface area (Å²) in [5.41, 5.74) is 2.97. The maximum atomic E-state index is 12.6. The maximum Gasteiger partial charge on any atom is 0.251 e. The summed E-state index contributed by atoms with van der Waals surface area (Å²) < 4.78 is 10.6. The lowest BCUT2D eigenvalue weighted by Crippen LogP contribution is -2.30. The first-order valence-corrected chi connectivity index (χ1v) is 10.2. The lowest BCUT2D eigenvalue weighted by Gasteiger charge is -2.30.